The Bertz CT molecular complexity index is 3210. The molecule has 9 rings (SSSR count). The second kappa shape index (κ2) is 29.7. The standard InChI is InChI=1S/C21H29BrN2O6.C17H21BrO6.C12H13BrO5.C9H9BrO4.CH4/c1-13-14(18(25)27-6)11-15(22)17-16(13)28-21(5,29-17)12-23-7-9-24(10-8-23)19(26)30-20(2,3)4;1-10-11(16(19)20-3)8-12(18)15-14(10)23-17(2,24-15)9-22-13-6-4-5-7-21-13;1-6-7(11(15)16-3)4-8(13)10-9(6)17-12(2,5-14)18-10;1-4-5(9(13)14-2)3-6(10)8(12)7(4)11;/h11H,7-10,12H2,1-6H3;8,13H,4-7,9H2,1-3H3;4,14H,5H2,1-3H3;3,11-12H,1-2H3;1H4. The molecular weight excluding hydrogens is 1400 g/mol. The Hall–Kier alpha value is -5.81. The van der Waals surface area contributed by atoms with E-state index in [0.717, 1.165) is 25.9 Å². The van der Waals surface area contributed by atoms with Gasteiger partial charge in [-0.25, -0.2) is 24.0 Å². The van der Waals surface area contributed by atoms with Crippen molar-refractivity contribution in [2.24, 2.45) is 0 Å². The zero-order valence-electron chi connectivity index (χ0n) is 50.3. The number of aliphatic hydroxyl groups is 1. The van der Waals surface area contributed by atoms with Crippen LogP contribution in [-0.4, -0.2) is 165 Å². The number of ether oxygens (including phenoxy) is 13. The van der Waals surface area contributed by atoms with Crippen LogP contribution in [0.1, 0.15) is 132 Å². The number of fused-ring (bicyclic) bond motifs is 3. The second-order valence-electron chi connectivity index (χ2n) is 21.8. The van der Waals surface area contributed by atoms with Gasteiger partial charge in [-0.2, -0.15) is 0 Å². The number of esters is 4. The first-order chi connectivity index (χ1) is 40.3. The van der Waals surface area contributed by atoms with Crippen molar-refractivity contribution in [2.45, 2.75) is 125 Å². The topological polar surface area (TPSA) is 273 Å². The van der Waals surface area contributed by atoms with Crippen LogP contribution >= 0.6 is 63.7 Å². The third-order valence-corrected chi connectivity index (χ3v) is 16.2. The lowest BCUT2D eigenvalue weighted by Crippen LogP contribution is -2.55. The van der Waals surface area contributed by atoms with Crippen molar-refractivity contribution >= 4 is 93.7 Å². The summed E-state index contributed by atoms with van der Waals surface area (Å²) >= 11 is 13.2. The summed E-state index contributed by atoms with van der Waals surface area (Å²) in [7, 11) is 5.27. The van der Waals surface area contributed by atoms with Crippen molar-refractivity contribution in [3.8, 4) is 46.0 Å². The number of phenols is 2. The number of rotatable bonds is 10. The molecule has 4 atom stereocenters. The molecule has 4 unspecified atom stereocenters. The van der Waals surface area contributed by atoms with Gasteiger partial charge in [0, 0.05) is 75.8 Å². The molecule has 5 aliphatic rings. The number of aliphatic hydroxyl groups excluding tert-OH is 1. The first-order valence-corrected chi connectivity index (χ1v) is 30.2. The van der Waals surface area contributed by atoms with Crippen LogP contribution in [0.3, 0.4) is 0 Å². The van der Waals surface area contributed by atoms with Crippen LogP contribution in [0.2, 0.25) is 0 Å². The number of benzene rings is 4. The van der Waals surface area contributed by atoms with Crippen molar-refractivity contribution in [1.29, 1.82) is 0 Å². The summed E-state index contributed by atoms with van der Waals surface area (Å²) in [5, 5.41) is 28.0. The summed E-state index contributed by atoms with van der Waals surface area (Å²) in [6.07, 6.45) is 2.53. The fourth-order valence-corrected chi connectivity index (χ4v) is 11.1. The van der Waals surface area contributed by atoms with E-state index >= 15 is 0 Å². The zero-order chi connectivity index (χ0) is 64.0. The highest BCUT2D eigenvalue weighted by atomic mass is 79.9. The minimum absolute atomic E-state index is 0. The Morgan fingerprint density at radius 2 is 0.943 bits per heavy atom. The lowest BCUT2D eigenvalue weighted by Gasteiger charge is -2.38. The van der Waals surface area contributed by atoms with E-state index in [9.17, 15) is 39.3 Å². The van der Waals surface area contributed by atoms with Crippen molar-refractivity contribution in [1.82, 2.24) is 9.80 Å². The van der Waals surface area contributed by atoms with Gasteiger partial charge in [0.25, 0.3) is 17.4 Å². The second-order valence-corrected chi connectivity index (χ2v) is 25.2. The number of carbonyl (C=O) groups excluding carboxylic acids is 5. The van der Waals surface area contributed by atoms with Crippen LogP contribution in [0.4, 0.5) is 4.79 Å². The van der Waals surface area contributed by atoms with Crippen molar-refractivity contribution in [3.63, 3.8) is 0 Å². The van der Waals surface area contributed by atoms with Crippen LogP contribution in [0, 0.1) is 27.7 Å². The highest BCUT2D eigenvalue weighted by Gasteiger charge is 2.44. The first-order valence-electron chi connectivity index (χ1n) is 27.0. The third kappa shape index (κ3) is 17.1. The predicted octanol–water partition coefficient (Wildman–Crippen LogP) is 11.8. The quantitative estimate of drug-likeness (QED) is 0.0756. The first kappa shape index (κ1) is 71.9. The molecule has 1 amide bonds. The number of carbonyl (C=O) groups is 5. The van der Waals surface area contributed by atoms with Crippen LogP contribution in [0.5, 0.6) is 46.0 Å². The number of nitrogens with zero attached hydrogens (tertiary/aromatic N) is 2. The van der Waals surface area contributed by atoms with Crippen LogP contribution in [0.15, 0.2) is 42.2 Å². The van der Waals surface area contributed by atoms with Crippen LogP contribution in [-0.2, 0) is 33.2 Å². The Balaban J connectivity index is 0.000000219. The molecule has 0 saturated carbocycles. The van der Waals surface area contributed by atoms with Gasteiger partial charge in [-0.15, -0.1) is 0 Å². The molecule has 0 aromatic heterocycles. The maximum atomic E-state index is 12.3. The number of phenolic OH excluding ortho intramolecular Hbond substituents is 2. The largest absolute Gasteiger partial charge is 0.504 e. The van der Waals surface area contributed by atoms with Crippen LogP contribution < -0.4 is 28.4 Å². The maximum Gasteiger partial charge on any atom is 0.410 e. The van der Waals surface area contributed by atoms with Gasteiger partial charge in [-0.05, 0) is 156 Å². The number of aromatic hydroxyl groups is 2. The minimum atomic E-state index is -1.12. The maximum absolute atomic E-state index is 12.3. The summed E-state index contributed by atoms with van der Waals surface area (Å²) in [6, 6.07) is 6.39. The Kier molecular flexibility index (Phi) is 24.5. The molecule has 480 valence electrons. The van der Waals surface area contributed by atoms with Gasteiger partial charge in [0.05, 0.1) is 75.1 Å². The molecule has 0 radical (unpaired) electrons. The molecule has 2 fully saturated rings. The lowest BCUT2D eigenvalue weighted by molar-refractivity contribution is -0.211. The molecule has 5 heterocycles. The molecule has 3 N–H and O–H groups in total. The van der Waals surface area contributed by atoms with E-state index in [-0.39, 0.29) is 60.1 Å². The van der Waals surface area contributed by atoms with Gasteiger partial charge < -0.3 is 81.8 Å². The number of halogens is 4. The predicted molar refractivity (Wildman–Crippen MR) is 331 cm³/mol. The number of amides is 1. The zero-order valence-corrected chi connectivity index (χ0v) is 56.6. The average molecular weight is 1480 g/mol. The number of hydrogen-bond acceptors (Lipinski definition) is 22. The molecule has 23 nitrogen and oxygen atoms in total. The van der Waals surface area contributed by atoms with E-state index in [4.69, 9.17) is 56.8 Å². The van der Waals surface area contributed by atoms with Gasteiger partial charge in [-0.3, -0.25) is 4.90 Å². The molecule has 4 aromatic carbocycles. The van der Waals surface area contributed by atoms with E-state index in [1.54, 1.807) is 50.8 Å². The van der Waals surface area contributed by atoms with E-state index in [2.05, 4.69) is 73.4 Å². The molecule has 5 aliphatic heterocycles. The fourth-order valence-electron chi connectivity index (χ4n) is 9.22. The van der Waals surface area contributed by atoms with Gasteiger partial charge >= 0.3 is 30.0 Å². The summed E-state index contributed by atoms with van der Waals surface area (Å²) in [5.41, 5.74) is 3.25. The van der Waals surface area contributed by atoms with Gasteiger partial charge in [0.15, 0.2) is 52.3 Å². The molecule has 0 bridgehead atoms. The highest BCUT2D eigenvalue weighted by Crippen LogP contribution is 2.51. The number of piperazine rings is 1. The molecule has 2 saturated heterocycles. The van der Waals surface area contributed by atoms with Gasteiger partial charge in [-0.1, -0.05) is 7.43 Å². The fraction of sp³-hybridized carbons (Fsp3) is 0.517. The summed E-state index contributed by atoms with van der Waals surface area (Å²) < 4.78 is 73.2. The highest BCUT2D eigenvalue weighted by molar-refractivity contribution is 9.11. The molecule has 87 heavy (non-hydrogen) atoms. The van der Waals surface area contributed by atoms with E-state index in [1.165, 1.54) is 41.4 Å². The third-order valence-electron chi connectivity index (χ3n) is 13.8. The molecule has 27 heteroatoms. The monoisotopic (exact) mass is 1480 g/mol. The normalized spacial score (nSPS) is 20.4. The Morgan fingerprint density at radius 3 is 1.34 bits per heavy atom. The van der Waals surface area contributed by atoms with E-state index in [1.807, 2.05) is 34.6 Å². The lowest BCUT2D eigenvalue weighted by atomic mass is 10.1. The molecule has 0 aliphatic carbocycles. The van der Waals surface area contributed by atoms with E-state index in [0.29, 0.717) is 114 Å². The summed E-state index contributed by atoms with van der Waals surface area (Å²) in [6.45, 7) is 21.5. The average Bonchev–Trinajstić information content (AvgIpc) is 1.72. The van der Waals surface area contributed by atoms with Crippen LogP contribution in [0.25, 0.3) is 0 Å². The van der Waals surface area contributed by atoms with Crippen molar-refractivity contribution < 1.29 is 101 Å². The molecular formula is C60H76Br4N2O21. The van der Waals surface area contributed by atoms with Gasteiger partial charge in [0.1, 0.15) is 18.8 Å². The van der Waals surface area contributed by atoms with Gasteiger partial charge in [0.2, 0.25) is 0 Å². The summed E-state index contributed by atoms with van der Waals surface area (Å²) in [5.74, 6) is -2.30. The Labute approximate surface area is 539 Å². The SMILES string of the molecule is C.COC(=O)c1cc(Br)c(O)c(O)c1C.COC(=O)c1cc(Br)c2c(c1C)OC(C)(CN1CCN(C(=O)OC(C)(C)C)CC1)O2.COC(=O)c1cc(Br)c2c(c1C)OC(C)(CO)O2.COC(=O)c1cc(Br)c2c(c1C)OC(C)(COC1CCCCO1)O2. The van der Waals surface area contributed by atoms with Crippen molar-refractivity contribution in [3.05, 3.63) is 86.7 Å². The van der Waals surface area contributed by atoms with E-state index < -0.39 is 46.8 Å². The smallest absolute Gasteiger partial charge is 0.410 e. The van der Waals surface area contributed by atoms with Crippen molar-refractivity contribution in [2.75, 3.05) is 81.0 Å². The minimum Gasteiger partial charge on any atom is -0.504 e. The molecule has 4 aromatic rings. The number of methoxy groups -OCH3 is 4. The summed E-state index contributed by atoms with van der Waals surface area (Å²) in [4.78, 5) is 63.0. The Morgan fingerprint density at radius 1 is 0.563 bits per heavy atom. The molecule has 0 spiro atoms. The number of hydrogen-bond donors (Lipinski definition) is 3.